The van der Waals surface area contributed by atoms with Crippen molar-refractivity contribution in [2.24, 2.45) is 0 Å². The number of nitro benzene ring substituents is 1. The summed E-state index contributed by atoms with van der Waals surface area (Å²) in [6, 6.07) is 13.7. The molecule has 0 saturated carbocycles. The molecule has 1 N–H and O–H groups in total. The SMILES string of the molecule is Cc1ccc(OCn2cc(NC(=O)c3ccc(COc4ccc(C)cc4[N+](=O)[O-])o3)cn2)c(C)c1. The van der Waals surface area contributed by atoms with Gasteiger partial charge >= 0.3 is 5.69 Å². The molecule has 0 fully saturated rings. The minimum Gasteiger partial charge on any atom is -0.479 e. The first-order valence-corrected chi connectivity index (χ1v) is 10.8. The Labute approximate surface area is 201 Å². The number of nitrogens with one attached hydrogen (secondary N) is 1. The predicted octanol–water partition coefficient (Wildman–Crippen LogP) is 5.18. The Bertz CT molecular complexity index is 1370. The van der Waals surface area contributed by atoms with Gasteiger partial charge in [-0.3, -0.25) is 14.9 Å². The second-order valence-corrected chi connectivity index (χ2v) is 8.05. The summed E-state index contributed by atoms with van der Waals surface area (Å²) in [4.78, 5) is 23.3. The van der Waals surface area contributed by atoms with Crippen LogP contribution in [0.4, 0.5) is 11.4 Å². The fraction of sp³-hybridized carbons (Fsp3) is 0.200. The molecule has 0 aliphatic heterocycles. The Hall–Kier alpha value is -4.60. The number of ether oxygens (including phenoxy) is 2. The number of carbonyl (C=O) groups is 1. The number of furan rings is 1. The molecule has 0 unspecified atom stereocenters. The highest BCUT2D eigenvalue weighted by Crippen LogP contribution is 2.28. The summed E-state index contributed by atoms with van der Waals surface area (Å²) in [5, 5.41) is 18.1. The number of carbonyl (C=O) groups excluding carboxylic acids is 1. The van der Waals surface area contributed by atoms with Gasteiger partial charge in [-0.15, -0.1) is 0 Å². The molecule has 0 radical (unpaired) electrons. The first-order chi connectivity index (χ1) is 16.8. The number of rotatable bonds is 9. The third-order valence-corrected chi connectivity index (χ3v) is 5.14. The molecule has 4 aromatic rings. The maximum atomic E-state index is 12.5. The largest absolute Gasteiger partial charge is 0.479 e. The number of amides is 1. The van der Waals surface area contributed by atoms with Gasteiger partial charge < -0.3 is 19.2 Å². The van der Waals surface area contributed by atoms with Gasteiger partial charge in [-0.2, -0.15) is 5.10 Å². The van der Waals surface area contributed by atoms with Crippen LogP contribution in [0.1, 0.15) is 33.0 Å². The van der Waals surface area contributed by atoms with E-state index in [-0.39, 0.29) is 30.5 Å². The molecule has 35 heavy (non-hydrogen) atoms. The highest BCUT2D eigenvalue weighted by molar-refractivity contribution is 6.02. The monoisotopic (exact) mass is 476 g/mol. The van der Waals surface area contributed by atoms with Crippen molar-refractivity contribution in [3.05, 3.63) is 99.2 Å². The zero-order chi connectivity index (χ0) is 24.9. The summed E-state index contributed by atoms with van der Waals surface area (Å²) in [5.41, 5.74) is 3.28. The zero-order valence-corrected chi connectivity index (χ0v) is 19.5. The van der Waals surface area contributed by atoms with Crippen LogP contribution in [0.3, 0.4) is 0 Å². The van der Waals surface area contributed by atoms with Crippen molar-refractivity contribution >= 4 is 17.3 Å². The van der Waals surface area contributed by atoms with E-state index >= 15 is 0 Å². The standard InChI is InChI=1S/C25H24N4O6/c1-16-4-7-22(18(3)10-16)34-15-28-13-19(12-26-28)27-25(30)24-9-6-20(35-24)14-33-23-8-5-17(2)11-21(23)29(31)32/h4-13H,14-15H2,1-3H3,(H,27,30). The number of anilines is 1. The van der Waals surface area contributed by atoms with Gasteiger partial charge in [0.2, 0.25) is 0 Å². The topological polar surface area (TPSA) is 122 Å². The highest BCUT2D eigenvalue weighted by atomic mass is 16.6. The zero-order valence-electron chi connectivity index (χ0n) is 19.5. The molecule has 1 amide bonds. The van der Waals surface area contributed by atoms with Gasteiger partial charge in [-0.05, 0) is 56.2 Å². The maximum Gasteiger partial charge on any atom is 0.311 e. The number of hydrogen-bond acceptors (Lipinski definition) is 7. The molecular formula is C25H24N4O6. The summed E-state index contributed by atoms with van der Waals surface area (Å²) in [6.45, 7) is 5.88. The van der Waals surface area contributed by atoms with Crippen LogP contribution in [0.2, 0.25) is 0 Å². The Kier molecular flexibility index (Phi) is 6.81. The molecule has 0 aliphatic carbocycles. The van der Waals surface area contributed by atoms with Crippen molar-refractivity contribution in [1.29, 1.82) is 0 Å². The number of aromatic nitrogens is 2. The van der Waals surface area contributed by atoms with Crippen LogP contribution in [0.15, 0.2) is 65.3 Å². The quantitative estimate of drug-likeness (QED) is 0.261. The van der Waals surface area contributed by atoms with Crippen LogP contribution in [0, 0.1) is 30.9 Å². The number of hydrogen-bond donors (Lipinski definition) is 1. The van der Waals surface area contributed by atoms with Gasteiger partial charge in [-0.1, -0.05) is 23.8 Å². The second-order valence-electron chi connectivity index (χ2n) is 8.05. The Balaban J connectivity index is 1.32. The third kappa shape index (κ3) is 5.85. The molecule has 180 valence electrons. The van der Waals surface area contributed by atoms with E-state index in [1.807, 2.05) is 32.0 Å². The maximum absolute atomic E-state index is 12.5. The molecule has 10 nitrogen and oxygen atoms in total. The minimum absolute atomic E-state index is 0.0646. The first-order valence-electron chi connectivity index (χ1n) is 10.8. The molecule has 4 rings (SSSR count). The number of nitrogens with zero attached hydrogens (tertiary/aromatic N) is 3. The van der Waals surface area contributed by atoms with E-state index in [1.165, 1.54) is 24.4 Å². The third-order valence-electron chi connectivity index (χ3n) is 5.14. The van der Waals surface area contributed by atoms with E-state index in [4.69, 9.17) is 13.9 Å². The molecule has 10 heteroatoms. The first kappa shape index (κ1) is 23.6. The summed E-state index contributed by atoms with van der Waals surface area (Å²) < 4.78 is 18.4. The Morgan fingerprint density at radius 2 is 1.80 bits per heavy atom. The van der Waals surface area contributed by atoms with Crippen molar-refractivity contribution in [2.45, 2.75) is 34.1 Å². The van der Waals surface area contributed by atoms with E-state index in [0.717, 1.165) is 22.4 Å². The minimum atomic E-state index is -0.503. The second kappa shape index (κ2) is 10.1. The molecule has 2 aromatic heterocycles. The van der Waals surface area contributed by atoms with Crippen LogP contribution >= 0.6 is 0 Å². The van der Waals surface area contributed by atoms with Crippen LogP contribution in [0.5, 0.6) is 11.5 Å². The molecule has 2 aromatic carbocycles. The summed E-state index contributed by atoms with van der Waals surface area (Å²) in [7, 11) is 0. The van der Waals surface area contributed by atoms with Crippen LogP contribution < -0.4 is 14.8 Å². The van der Waals surface area contributed by atoms with E-state index in [9.17, 15) is 14.9 Å². The van der Waals surface area contributed by atoms with Crippen molar-refractivity contribution in [3.8, 4) is 11.5 Å². The normalized spacial score (nSPS) is 10.7. The van der Waals surface area contributed by atoms with Crippen LogP contribution in [-0.2, 0) is 13.3 Å². The lowest BCUT2D eigenvalue weighted by Crippen LogP contribution is -2.10. The molecule has 2 heterocycles. The fourth-order valence-corrected chi connectivity index (χ4v) is 3.41. The Morgan fingerprint density at radius 1 is 1.06 bits per heavy atom. The summed E-state index contributed by atoms with van der Waals surface area (Å²) in [6.07, 6.45) is 3.15. The molecular weight excluding hydrogens is 452 g/mol. The molecule has 0 bridgehead atoms. The van der Waals surface area contributed by atoms with Gasteiger partial charge in [0, 0.05) is 6.07 Å². The number of nitro groups is 1. The molecule has 0 atom stereocenters. The highest BCUT2D eigenvalue weighted by Gasteiger charge is 2.17. The summed E-state index contributed by atoms with van der Waals surface area (Å²) in [5.74, 6) is 0.841. The predicted molar refractivity (Wildman–Crippen MR) is 128 cm³/mol. The fourth-order valence-electron chi connectivity index (χ4n) is 3.41. The average Bonchev–Trinajstić information content (AvgIpc) is 3.47. The van der Waals surface area contributed by atoms with E-state index < -0.39 is 10.8 Å². The molecule has 0 saturated heterocycles. The molecule has 0 spiro atoms. The lowest BCUT2D eigenvalue weighted by Gasteiger charge is -2.09. The molecule has 0 aliphatic rings. The summed E-state index contributed by atoms with van der Waals surface area (Å²) >= 11 is 0. The van der Waals surface area contributed by atoms with Gasteiger partial charge in [0.1, 0.15) is 18.1 Å². The smallest absolute Gasteiger partial charge is 0.311 e. The lowest BCUT2D eigenvalue weighted by molar-refractivity contribution is -0.386. The van der Waals surface area contributed by atoms with Crippen molar-refractivity contribution in [1.82, 2.24) is 9.78 Å². The van der Waals surface area contributed by atoms with Gasteiger partial charge in [0.25, 0.3) is 5.91 Å². The van der Waals surface area contributed by atoms with Crippen LogP contribution in [0.25, 0.3) is 0 Å². The van der Waals surface area contributed by atoms with E-state index in [1.54, 1.807) is 29.9 Å². The van der Waals surface area contributed by atoms with Gasteiger partial charge in [0.15, 0.2) is 18.2 Å². The van der Waals surface area contributed by atoms with Gasteiger partial charge in [-0.25, -0.2) is 4.68 Å². The van der Waals surface area contributed by atoms with E-state index in [0.29, 0.717) is 11.4 Å². The average molecular weight is 476 g/mol. The van der Waals surface area contributed by atoms with Gasteiger partial charge in [0.05, 0.1) is 23.0 Å². The van der Waals surface area contributed by atoms with Crippen molar-refractivity contribution < 1.29 is 23.6 Å². The lowest BCUT2D eigenvalue weighted by atomic mass is 10.1. The number of aryl methyl sites for hydroxylation is 3. The number of benzene rings is 2. The van der Waals surface area contributed by atoms with E-state index in [2.05, 4.69) is 10.4 Å². The Morgan fingerprint density at radius 3 is 2.54 bits per heavy atom. The van der Waals surface area contributed by atoms with Crippen molar-refractivity contribution in [2.75, 3.05) is 5.32 Å². The van der Waals surface area contributed by atoms with Crippen molar-refractivity contribution in [3.63, 3.8) is 0 Å². The van der Waals surface area contributed by atoms with Crippen LogP contribution in [-0.4, -0.2) is 20.6 Å².